The minimum Gasteiger partial charge on any atom is -0.478 e. The molecule has 1 heterocycles. The predicted octanol–water partition coefficient (Wildman–Crippen LogP) is 3.77. The average molecular weight is 418 g/mol. The molecule has 1 aromatic carbocycles. The van der Waals surface area contributed by atoms with Gasteiger partial charge in [-0.2, -0.15) is 0 Å². The molecule has 6 nitrogen and oxygen atoms in total. The van der Waals surface area contributed by atoms with Crippen LogP contribution in [0.3, 0.4) is 0 Å². The molecule has 2 aromatic rings. The Labute approximate surface area is 136 Å². The zero-order valence-electron chi connectivity index (χ0n) is 11.0. The topological polar surface area (TPSA) is 92.4 Å². The lowest BCUT2D eigenvalue weighted by molar-refractivity contribution is 0.0698. The molecule has 0 bridgehead atoms. The molecule has 0 unspecified atom stereocenters. The van der Waals surface area contributed by atoms with Crippen molar-refractivity contribution in [1.82, 2.24) is 5.16 Å². The minimum absolute atomic E-state index is 0.0311. The third kappa shape index (κ3) is 3.16. The summed E-state index contributed by atoms with van der Waals surface area (Å²) in [6, 6.07) is 3.06. The Bertz CT molecular complexity index is 721. The van der Waals surface area contributed by atoms with Crippen molar-refractivity contribution in [1.29, 1.82) is 0 Å². The van der Waals surface area contributed by atoms with E-state index in [4.69, 9.17) is 4.52 Å². The number of carboxylic acid groups (broad SMARTS) is 1. The van der Waals surface area contributed by atoms with Crippen LogP contribution in [0.15, 0.2) is 25.6 Å². The van der Waals surface area contributed by atoms with Crippen molar-refractivity contribution in [3.63, 3.8) is 0 Å². The molecule has 1 amide bonds. The van der Waals surface area contributed by atoms with Crippen LogP contribution < -0.4 is 5.32 Å². The number of carbonyl (C=O) groups is 2. The molecule has 0 saturated carbocycles. The molecule has 0 radical (unpaired) electrons. The van der Waals surface area contributed by atoms with E-state index in [1.807, 2.05) is 0 Å². The molecule has 1 aromatic heterocycles. The standard InChI is InChI=1S/C13H10Br2N2O4/c1-5-10(6(2)21-17-5)12(18)16-11-8(13(19)20)3-7(14)4-9(11)15/h3-4H,1-2H3,(H,16,18)(H,19,20). The van der Waals surface area contributed by atoms with E-state index in [1.54, 1.807) is 19.9 Å². The third-order valence-electron chi connectivity index (χ3n) is 2.78. The Hall–Kier alpha value is -1.67. The van der Waals surface area contributed by atoms with Crippen molar-refractivity contribution < 1.29 is 19.2 Å². The van der Waals surface area contributed by atoms with Gasteiger partial charge in [0.05, 0.1) is 16.9 Å². The van der Waals surface area contributed by atoms with Crippen molar-refractivity contribution >= 4 is 49.4 Å². The molecule has 0 fully saturated rings. The van der Waals surface area contributed by atoms with Crippen LogP contribution in [0.1, 0.15) is 32.2 Å². The number of amides is 1. The fraction of sp³-hybridized carbons (Fsp3) is 0.154. The molecular weight excluding hydrogens is 408 g/mol. The molecule has 21 heavy (non-hydrogen) atoms. The number of carbonyl (C=O) groups excluding carboxylic acids is 1. The Kier molecular flexibility index (Phi) is 4.48. The monoisotopic (exact) mass is 416 g/mol. The lowest BCUT2D eigenvalue weighted by Crippen LogP contribution is -2.16. The lowest BCUT2D eigenvalue weighted by Gasteiger charge is -2.11. The maximum Gasteiger partial charge on any atom is 0.337 e. The second-order valence-corrected chi connectivity index (χ2v) is 6.04. The Balaban J connectivity index is 2.45. The zero-order valence-corrected chi connectivity index (χ0v) is 14.2. The number of anilines is 1. The first-order chi connectivity index (χ1) is 9.81. The smallest absolute Gasteiger partial charge is 0.337 e. The van der Waals surface area contributed by atoms with E-state index in [0.717, 1.165) is 0 Å². The van der Waals surface area contributed by atoms with Gasteiger partial charge in [0.1, 0.15) is 11.3 Å². The van der Waals surface area contributed by atoms with E-state index >= 15 is 0 Å². The Morgan fingerprint density at radius 1 is 1.29 bits per heavy atom. The van der Waals surface area contributed by atoms with Crippen molar-refractivity contribution in [3.8, 4) is 0 Å². The molecule has 0 aliphatic carbocycles. The van der Waals surface area contributed by atoms with Crippen molar-refractivity contribution in [3.05, 3.63) is 43.7 Å². The van der Waals surface area contributed by atoms with E-state index in [-0.39, 0.29) is 11.3 Å². The average Bonchev–Trinajstić information content (AvgIpc) is 2.71. The molecule has 0 aliphatic rings. The highest BCUT2D eigenvalue weighted by Crippen LogP contribution is 2.31. The van der Waals surface area contributed by atoms with Gasteiger partial charge in [-0.05, 0) is 41.9 Å². The Morgan fingerprint density at radius 2 is 1.95 bits per heavy atom. The summed E-state index contributed by atoms with van der Waals surface area (Å²) >= 11 is 6.46. The maximum absolute atomic E-state index is 12.3. The Morgan fingerprint density at radius 3 is 2.48 bits per heavy atom. The van der Waals surface area contributed by atoms with Gasteiger partial charge in [0.2, 0.25) is 0 Å². The van der Waals surface area contributed by atoms with Crippen LogP contribution in [0.25, 0.3) is 0 Å². The summed E-state index contributed by atoms with van der Waals surface area (Å²) < 4.78 is 5.97. The van der Waals surface area contributed by atoms with Gasteiger partial charge >= 0.3 is 5.97 Å². The number of benzene rings is 1. The van der Waals surface area contributed by atoms with Gasteiger partial charge in [-0.1, -0.05) is 21.1 Å². The van der Waals surface area contributed by atoms with Gasteiger partial charge in [-0.25, -0.2) is 4.79 Å². The number of aryl methyl sites for hydroxylation is 2. The molecule has 0 atom stereocenters. The van der Waals surface area contributed by atoms with Gasteiger partial charge in [-0.3, -0.25) is 4.79 Å². The van der Waals surface area contributed by atoms with Crippen LogP contribution in [-0.2, 0) is 0 Å². The summed E-state index contributed by atoms with van der Waals surface area (Å²) in [5, 5.41) is 15.5. The van der Waals surface area contributed by atoms with Crippen LogP contribution in [0.5, 0.6) is 0 Å². The number of aromatic carboxylic acids is 1. The molecule has 2 N–H and O–H groups in total. The number of hydrogen-bond donors (Lipinski definition) is 2. The second kappa shape index (κ2) is 5.98. The number of nitrogens with one attached hydrogen (secondary N) is 1. The summed E-state index contributed by atoms with van der Waals surface area (Å²) in [5.41, 5.74) is 0.878. The summed E-state index contributed by atoms with van der Waals surface area (Å²) in [5.74, 6) is -1.25. The molecule has 2 rings (SSSR count). The number of aromatic nitrogens is 1. The lowest BCUT2D eigenvalue weighted by atomic mass is 10.1. The fourth-order valence-electron chi connectivity index (χ4n) is 1.85. The first-order valence-corrected chi connectivity index (χ1v) is 7.36. The SMILES string of the molecule is Cc1noc(C)c1C(=O)Nc1c(Br)cc(Br)cc1C(=O)O. The first kappa shape index (κ1) is 15.7. The second-order valence-electron chi connectivity index (χ2n) is 4.27. The third-order valence-corrected chi connectivity index (χ3v) is 3.87. The quantitative estimate of drug-likeness (QED) is 0.792. The van der Waals surface area contributed by atoms with E-state index in [2.05, 4.69) is 42.3 Å². The fourth-order valence-corrected chi connectivity index (χ4v) is 3.18. The molecule has 0 spiro atoms. The molecular formula is C13H10Br2N2O4. The highest BCUT2D eigenvalue weighted by Gasteiger charge is 2.22. The van der Waals surface area contributed by atoms with Crippen molar-refractivity contribution in [2.45, 2.75) is 13.8 Å². The predicted molar refractivity (Wildman–Crippen MR) is 82.7 cm³/mol. The minimum atomic E-state index is -1.15. The van der Waals surface area contributed by atoms with Gasteiger partial charge in [-0.15, -0.1) is 0 Å². The van der Waals surface area contributed by atoms with Crippen molar-refractivity contribution in [2.75, 3.05) is 5.32 Å². The maximum atomic E-state index is 12.3. The highest BCUT2D eigenvalue weighted by atomic mass is 79.9. The van der Waals surface area contributed by atoms with Gasteiger partial charge in [0, 0.05) is 8.95 Å². The summed E-state index contributed by atoms with van der Waals surface area (Å²) in [6.07, 6.45) is 0. The number of rotatable bonds is 3. The molecule has 0 saturated heterocycles. The van der Waals surface area contributed by atoms with Crippen LogP contribution in [-0.4, -0.2) is 22.1 Å². The molecule has 110 valence electrons. The van der Waals surface area contributed by atoms with E-state index < -0.39 is 11.9 Å². The van der Waals surface area contributed by atoms with Crippen LogP contribution in [0.2, 0.25) is 0 Å². The van der Waals surface area contributed by atoms with Crippen LogP contribution in [0, 0.1) is 13.8 Å². The number of hydrogen-bond acceptors (Lipinski definition) is 4. The molecule has 0 aliphatic heterocycles. The van der Waals surface area contributed by atoms with Crippen LogP contribution in [0.4, 0.5) is 5.69 Å². The summed E-state index contributed by atoms with van der Waals surface area (Å²) in [6.45, 7) is 3.25. The van der Waals surface area contributed by atoms with Crippen molar-refractivity contribution in [2.24, 2.45) is 0 Å². The number of nitrogens with zero attached hydrogens (tertiary/aromatic N) is 1. The van der Waals surface area contributed by atoms with Gasteiger partial charge in [0.25, 0.3) is 5.91 Å². The summed E-state index contributed by atoms with van der Waals surface area (Å²) in [7, 11) is 0. The van der Waals surface area contributed by atoms with Gasteiger partial charge in [0.15, 0.2) is 0 Å². The van der Waals surface area contributed by atoms with E-state index in [1.165, 1.54) is 6.07 Å². The highest BCUT2D eigenvalue weighted by molar-refractivity contribution is 9.11. The number of carboxylic acids is 1. The van der Waals surface area contributed by atoms with Gasteiger partial charge < -0.3 is 14.9 Å². The van der Waals surface area contributed by atoms with E-state index in [0.29, 0.717) is 26.0 Å². The van der Waals surface area contributed by atoms with E-state index in [9.17, 15) is 14.7 Å². The summed E-state index contributed by atoms with van der Waals surface area (Å²) in [4.78, 5) is 23.6. The largest absolute Gasteiger partial charge is 0.478 e. The zero-order chi connectivity index (χ0) is 15.7. The normalized spacial score (nSPS) is 10.5. The van der Waals surface area contributed by atoms with Crippen LogP contribution >= 0.6 is 31.9 Å². The molecule has 8 heteroatoms. The number of halogens is 2. The first-order valence-electron chi connectivity index (χ1n) is 5.77.